The molecule has 1 aromatic rings. The zero-order chi connectivity index (χ0) is 13.8. The monoisotopic (exact) mass is 275 g/mol. The van der Waals surface area contributed by atoms with Gasteiger partial charge in [-0.15, -0.1) is 0 Å². The van der Waals surface area contributed by atoms with Crippen molar-refractivity contribution >= 4 is 0 Å². The quantitative estimate of drug-likeness (QED) is 0.904. The lowest BCUT2D eigenvalue weighted by atomic mass is 9.92. The van der Waals surface area contributed by atoms with Crippen LogP contribution in [0.3, 0.4) is 0 Å². The van der Waals surface area contributed by atoms with Gasteiger partial charge in [-0.25, -0.2) is 0 Å². The van der Waals surface area contributed by atoms with E-state index in [1.807, 2.05) is 12.4 Å². The second kappa shape index (κ2) is 6.20. The zero-order valence-corrected chi connectivity index (χ0v) is 12.2. The van der Waals surface area contributed by atoms with Gasteiger partial charge in [-0.3, -0.25) is 9.88 Å². The summed E-state index contributed by atoms with van der Waals surface area (Å²) in [6.45, 7) is 5.97. The maximum atomic E-state index is 10.9. The van der Waals surface area contributed by atoms with E-state index in [1.54, 1.807) is 0 Å². The first-order chi connectivity index (χ1) is 9.73. The number of pyridine rings is 1. The van der Waals surface area contributed by atoms with Crippen molar-refractivity contribution in [1.82, 2.24) is 14.8 Å². The minimum absolute atomic E-state index is 0.518. The Kier molecular flexibility index (Phi) is 4.34. The Balaban J connectivity index is 1.57. The molecule has 0 spiro atoms. The van der Waals surface area contributed by atoms with E-state index in [4.69, 9.17) is 0 Å². The Hall–Kier alpha value is -0.970. The molecule has 2 aliphatic heterocycles. The molecule has 0 unspecified atom stereocenters. The molecule has 1 aromatic heterocycles. The number of piperidine rings is 1. The van der Waals surface area contributed by atoms with Crippen molar-refractivity contribution in [2.75, 3.05) is 32.7 Å². The second-order valence-corrected chi connectivity index (χ2v) is 6.38. The Bertz CT molecular complexity index is 419. The van der Waals surface area contributed by atoms with Crippen LogP contribution in [0, 0.1) is 0 Å². The molecule has 0 radical (unpaired) electrons. The molecule has 1 atom stereocenters. The van der Waals surface area contributed by atoms with E-state index in [0.717, 1.165) is 52.1 Å². The molecule has 0 amide bonds. The van der Waals surface area contributed by atoms with E-state index in [9.17, 15) is 5.11 Å². The number of hydrogen-bond acceptors (Lipinski definition) is 4. The maximum Gasteiger partial charge on any atom is 0.0900 e. The van der Waals surface area contributed by atoms with Crippen LogP contribution in [0.5, 0.6) is 0 Å². The van der Waals surface area contributed by atoms with E-state index in [2.05, 4.69) is 26.9 Å². The van der Waals surface area contributed by atoms with Crippen molar-refractivity contribution in [3.8, 4) is 0 Å². The van der Waals surface area contributed by atoms with Crippen LogP contribution in [0.1, 0.15) is 31.2 Å². The fourth-order valence-corrected chi connectivity index (χ4v) is 3.57. The lowest BCUT2D eigenvalue weighted by molar-refractivity contribution is -0.0519. The number of aliphatic hydroxyl groups is 1. The summed E-state index contributed by atoms with van der Waals surface area (Å²) < 4.78 is 0. The van der Waals surface area contributed by atoms with Crippen LogP contribution in [0.4, 0.5) is 0 Å². The molecule has 4 heteroatoms. The van der Waals surface area contributed by atoms with Crippen molar-refractivity contribution in [2.45, 2.75) is 37.8 Å². The second-order valence-electron chi connectivity index (χ2n) is 6.38. The van der Waals surface area contributed by atoms with E-state index in [1.165, 1.54) is 18.4 Å². The predicted octanol–water partition coefficient (Wildman–Crippen LogP) is 1.50. The number of likely N-dealkylation sites (tertiary alicyclic amines) is 2. The van der Waals surface area contributed by atoms with Gasteiger partial charge in [0.25, 0.3) is 0 Å². The third-order valence-electron chi connectivity index (χ3n) is 4.51. The highest BCUT2D eigenvalue weighted by atomic mass is 16.3. The van der Waals surface area contributed by atoms with Gasteiger partial charge in [0.1, 0.15) is 0 Å². The van der Waals surface area contributed by atoms with Crippen LogP contribution in [0.2, 0.25) is 0 Å². The van der Waals surface area contributed by atoms with Gasteiger partial charge in [0.15, 0.2) is 0 Å². The summed E-state index contributed by atoms with van der Waals surface area (Å²) in [5.41, 5.74) is 0.765. The van der Waals surface area contributed by atoms with Gasteiger partial charge in [0, 0.05) is 32.0 Å². The standard InChI is InChI=1S/C16H25N3O/c20-16(13-18-9-1-2-10-18)6-3-11-19(14-16)12-15-4-7-17-8-5-15/h4-5,7-8,20H,1-3,6,9-14H2/t16-/m0/s1. The SMILES string of the molecule is O[C@]1(CN2CCCC2)CCCN(Cc2ccncc2)C1. The van der Waals surface area contributed by atoms with Crippen molar-refractivity contribution in [1.29, 1.82) is 0 Å². The summed E-state index contributed by atoms with van der Waals surface area (Å²) >= 11 is 0. The van der Waals surface area contributed by atoms with E-state index < -0.39 is 5.60 Å². The molecule has 2 aliphatic rings. The number of β-amino-alcohol motifs (C(OH)–C–C–N with tert-alkyl or cyclic N) is 1. The Morgan fingerprint density at radius 3 is 2.50 bits per heavy atom. The van der Waals surface area contributed by atoms with Crippen LogP contribution < -0.4 is 0 Å². The minimum Gasteiger partial charge on any atom is -0.387 e. The first kappa shape index (κ1) is 14.0. The van der Waals surface area contributed by atoms with E-state index in [0.29, 0.717) is 0 Å². The van der Waals surface area contributed by atoms with Gasteiger partial charge in [-0.05, 0) is 63.0 Å². The molecule has 0 aliphatic carbocycles. The topological polar surface area (TPSA) is 39.6 Å². The average molecular weight is 275 g/mol. The minimum atomic E-state index is -0.518. The normalized spacial score (nSPS) is 28.9. The lowest BCUT2D eigenvalue weighted by Crippen LogP contribution is -2.53. The molecule has 0 saturated carbocycles. The lowest BCUT2D eigenvalue weighted by Gasteiger charge is -2.41. The molecular weight excluding hydrogens is 250 g/mol. The van der Waals surface area contributed by atoms with Gasteiger partial charge >= 0.3 is 0 Å². The summed E-state index contributed by atoms with van der Waals surface area (Å²) in [4.78, 5) is 8.87. The number of hydrogen-bond donors (Lipinski definition) is 1. The number of rotatable bonds is 4. The summed E-state index contributed by atoms with van der Waals surface area (Å²) in [5.74, 6) is 0. The van der Waals surface area contributed by atoms with Crippen LogP contribution in [-0.2, 0) is 6.54 Å². The number of aromatic nitrogens is 1. The first-order valence-electron chi connectivity index (χ1n) is 7.80. The maximum absolute atomic E-state index is 10.9. The largest absolute Gasteiger partial charge is 0.387 e. The molecule has 1 N–H and O–H groups in total. The summed E-state index contributed by atoms with van der Waals surface area (Å²) in [5, 5.41) is 10.9. The highest BCUT2D eigenvalue weighted by molar-refractivity contribution is 5.10. The van der Waals surface area contributed by atoms with Gasteiger partial charge in [0.2, 0.25) is 0 Å². The first-order valence-corrected chi connectivity index (χ1v) is 7.80. The van der Waals surface area contributed by atoms with Crippen molar-refractivity contribution in [2.24, 2.45) is 0 Å². The fourth-order valence-electron chi connectivity index (χ4n) is 3.57. The van der Waals surface area contributed by atoms with Gasteiger partial charge in [-0.2, -0.15) is 0 Å². The molecule has 3 heterocycles. The molecular formula is C16H25N3O. The molecule has 0 bridgehead atoms. The van der Waals surface area contributed by atoms with Crippen molar-refractivity contribution < 1.29 is 5.11 Å². The van der Waals surface area contributed by atoms with Crippen LogP contribution in [0.15, 0.2) is 24.5 Å². The molecule has 3 rings (SSSR count). The highest BCUT2D eigenvalue weighted by Crippen LogP contribution is 2.25. The number of nitrogens with zero attached hydrogens (tertiary/aromatic N) is 3. The van der Waals surface area contributed by atoms with Crippen molar-refractivity contribution in [3.63, 3.8) is 0 Å². The molecule has 110 valence electrons. The zero-order valence-electron chi connectivity index (χ0n) is 12.2. The predicted molar refractivity (Wildman–Crippen MR) is 79.4 cm³/mol. The van der Waals surface area contributed by atoms with E-state index in [-0.39, 0.29) is 0 Å². The summed E-state index contributed by atoms with van der Waals surface area (Å²) in [7, 11) is 0. The van der Waals surface area contributed by atoms with Crippen LogP contribution in [0.25, 0.3) is 0 Å². The Morgan fingerprint density at radius 2 is 1.75 bits per heavy atom. The van der Waals surface area contributed by atoms with Gasteiger partial charge < -0.3 is 10.0 Å². The van der Waals surface area contributed by atoms with Crippen LogP contribution >= 0.6 is 0 Å². The molecule has 2 saturated heterocycles. The van der Waals surface area contributed by atoms with Crippen molar-refractivity contribution in [3.05, 3.63) is 30.1 Å². The molecule has 4 nitrogen and oxygen atoms in total. The Labute approximate surface area is 121 Å². The Morgan fingerprint density at radius 1 is 1.05 bits per heavy atom. The summed E-state index contributed by atoms with van der Waals surface area (Å²) in [6.07, 6.45) is 8.30. The highest BCUT2D eigenvalue weighted by Gasteiger charge is 2.35. The fraction of sp³-hybridized carbons (Fsp3) is 0.688. The molecule has 20 heavy (non-hydrogen) atoms. The van der Waals surface area contributed by atoms with Gasteiger partial charge in [-0.1, -0.05) is 0 Å². The van der Waals surface area contributed by atoms with E-state index >= 15 is 0 Å². The molecule has 0 aromatic carbocycles. The third kappa shape index (κ3) is 3.57. The molecule has 2 fully saturated rings. The third-order valence-corrected chi connectivity index (χ3v) is 4.51. The smallest absolute Gasteiger partial charge is 0.0900 e. The average Bonchev–Trinajstić information content (AvgIpc) is 2.92. The summed E-state index contributed by atoms with van der Waals surface area (Å²) in [6, 6.07) is 4.13. The van der Waals surface area contributed by atoms with Gasteiger partial charge in [0.05, 0.1) is 5.60 Å². The van der Waals surface area contributed by atoms with Crippen LogP contribution in [-0.4, -0.2) is 58.2 Å².